The number of anilines is 1. The van der Waals surface area contributed by atoms with Gasteiger partial charge in [0.15, 0.2) is 0 Å². The monoisotopic (exact) mass is 390 g/mol. The molecule has 2 aromatic rings. The molecule has 3 amide bonds. The molecule has 0 bridgehead atoms. The molecule has 2 N–H and O–H groups in total. The molecule has 0 radical (unpaired) electrons. The topological polar surface area (TPSA) is 64.7 Å². The van der Waals surface area contributed by atoms with Gasteiger partial charge >= 0.3 is 6.03 Å². The van der Waals surface area contributed by atoms with Gasteiger partial charge in [0.05, 0.1) is 5.54 Å². The van der Waals surface area contributed by atoms with Gasteiger partial charge in [-0.3, -0.25) is 4.79 Å². The Hall–Kier alpha value is -2.86. The van der Waals surface area contributed by atoms with Crippen LogP contribution in [0.3, 0.4) is 0 Å². The highest BCUT2D eigenvalue weighted by Crippen LogP contribution is 2.30. The number of amides is 3. The van der Waals surface area contributed by atoms with Crippen molar-refractivity contribution >= 4 is 17.6 Å². The van der Waals surface area contributed by atoms with Crippen LogP contribution < -0.4 is 10.6 Å². The van der Waals surface area contributed by atoms with E-state index in [1.165, 1.54) is 24.0 Å². The smallest absolute Gasteiger partial charge is 0.322 e. The summed E-state index contributed by atoms with van der Waals surface area (Å²) < 4.78 is 0. The maximum Gasteiger partial charge on any atom is 0.322 e. The van der Waals surface area contributed by atoms with E-state index >= 15 is 0 Å². The predicted molar refractivity (Wildman–Crippen MR) is 112 cm³/mol. The van der Waals surface area contributed by atoms with E-state index in [1.54, 1.807) is 17.0 Å². The number of carbonyl (C=O) groups excluding carboxylic acids is 2. The first kappa shape index (κ1) is 18.2. The second-order valence-corrected chi connectivity index (χ2v) is 8.46. The Balaban J connectivity index is 1.17. The van der Waals surface area contributed by atoms with Crippen LogP contribution in [0.1, 0.15) is 40.7 Å². The van der Waals surface area contributed by atoms with Crippen molar-refractivity contribution in [3.63, 3.8) is 0 Å². The number of hydrogen-bond acceptors (Lipinski definition) is 3. The minimum Gasteiger partial charge on any atom is -0.335 e. The molecule has 150 valence electrons. The summed E-state index contributed by atoms with van der Waals surface area (Å²) in [6, 6.07) is 15.2. The van der Waals surface area contributed by atoms with Gasteiger partial charge in [0, 0.05) is 37.4 Å². The highest BCUT2D eigenvalue weighted by molar-refractivity contribution is 5.96. The standard InChI is InChI=1S/C23H26N4O2/c28-21(27-15-23(16-27)11-3-4-12-24-23)17-7-9-20(10-8-17)25-22(29)26-13-18-5-1-2-6-19(18)14-26/h1-2,5-10,24H,3-4,11-16H2,(H,25,29). The lowest BCUT2D eigenvalue weighted by atomic mass is 9.81. The average Bonchev–Trinajstić information content (AvgIpc) is 3.17. The van der Waals surface area contributed by atoms with Crippen LogP contribution in [0, 0.1) is 0 Å². The number of nitrogens with one attached hydrogen (secondary N) is 2. The summed E-state index contributed by atoms with van der Waals surface area (Å²) >= 11 is 0. The Kier molecular flexibility index (Phi) is 4.51. The van der Waals surface area contributed by atoms with Crippen molar-refractivity contribution in [3.8, 4) is 0 Å². The molecule has 3 aliphatic rings. The highest BCUT2D eigenvalue weighted by Gasteiger charge is 2.45. The summed E-state index contributed by atoms with van der Waals surface area (Å²) in [6.45, 7) is 3.89. The fourth-order valence-corrected chi connectivity index (χ4v) is 4.69. The zero-order valence-corrected chi connectivity index (χ0v) is 16.5. The Morgan fingerprint density at radius 2 is 1.59 bits per heavy atom. The summed E-state index contributed by atoms with van der Waals surface area (Å²) in [6.07, 6.45) is 3.63. The van der Waals surface area contributed by atoms with Gasteiger partial charge < -0.3 is 20.4 Å². The second-order valence-electron chi connectivity index (χ2n) is 8.46. The minimum absolute atomic E-state index is 0.0656. The first-order chi connectivity index (χ1) is 14.1. The van der Waals surface area contributed by atoms with E-state index in [4.69, 9.17) is 0 Å². The number of fused-ring (bicyclic) bond motifs is 1. The van der Waals surface area contributed by atoms with Gasteiger partial charge in [0.25, 0.3) is 5.91 Å². The van der Waals surface area contributed by atoms with E-state index in [0.29, 0.717) is 24.3 Å². The van der Waals surface area contributed by atoms with Crippen molar-refractivity contribution in [3.05, 3.63) is 65.2 Å². The predicted octanol–water partition coefficient (Wildman–Crippen LogP) is 3.20. The summed E-state index contributed by atoms with van der Waals surface area (Å²) in [4.78, 5) is 29.0. The largest absolute Gasteiger partial charge is 0.335 e. The van der Waals surface area contributed by atoms with E-state index in [0.717, 1.165) is 26.1 Å². The Morgan fingerprint density at radius 3 is 2.21 bits per heavy atom. The van der Waals surface area contributed by atoms with Gasteiger partial charge in [-0.25, -0.2) is 4.79 Å². The van der Waals surface area contributed by atoms with Gasteiger partial charge in [0.2, 0.25) is 0 Å². The summed E-state index contributed by atoms with van der Waals surface area (Å²) in [5.41, 5.74) is 3.92. The second kappa shape index (κ2) is 7.19. The molecule has 0 unspecified atom stereocenters. The maximum absolute atomic E-state index is 12.7. The number of benzene rings is 2. The zero-order valence-electron chi connectivity index (χ0n) is 16.5. The quantitative estimate of drug-likeness (QED) is 0.828. The van der Waals surface area contributed by atoms with Gasteiger partial charge in [0.1, 0.15) is 0 Å². The van der Waals surface area contributed by atoms with Crippen molar-refractivity contribution in [1.29, 1.82) is 0 Å². The van der Waals surface area contributed by atoms with E-state index in [-0.39, 0.29) is 17.5 Å². The number of hydrogen-bond donors (Lipinski definition) is 2. The normalized spacial score (nSPS) is 19.6. The van der Waals surface area contributed by atoms with Crippen LogP contribution in [-0.4, -0.2) is 46.9 Å². The molecular weight excluding hydrogens is 364 g/mol. The minimum atomic E-state index is -0.117. The number of nitrogens with zero attached hydrogens (tertiary/aromatic N) is 2. The molecule has 1 spiro atoms. The molecule has 3 heterocycles. The molecule has 2 aromatic carbocycles. The van der Waals surface area contributed by atoms with Crippen LogP contribution >= 0.6 is 0 Å². The van der Waals surface area contributed by atoms with Crippen LogP contribution in [0.2, 0.25) is 0 Å². The third kappa shape index (κ3) is 3.49. The van der Waals surface area contributed by atoms with E-state index in [1.807, 2.05) is 29.2 Å². The number of piperidine rings is 1. The van der Waals surface area contributed by atoms with E-state index < -0.39 is 0 Å². The van der Waals surface area contributed by atoms with Gasteiger partial charge in [-0.1, -0.05) is 30.7 Å². The molecule has 5 rings (SSSR count). The number of urea groups is 1. The number of likely N-dealkylation sites (tertiary alicyclic amines) is 1. The van der Waals surface area contributed by atoms with Gasteiger partial charge in [-0.05, 0) is 54.8 Å². The van der Waals surface area contributed by atoms with Crippen LogP contribution in [0.4, 0.5) is 10.5 Å². The highest BCUT2D eigenvalue weighted by atomic mass is 16.2. The molecule has 0 aliphatic carbocycles. The maximum atomic E-state index is 12.7. The zero-order chi connectivity index (χ0) is 19.8. The Labute approximate surface area is 170 Å². The third-order valence-electron chi connectivity index (χ3n) is 6.37. The van der Waals surface area contributed by atoms with Gasteiger partial charge in [-0.2, -0.15) is 0 Å². The fraction of sp³-hybridized carbons (Fsp3) is 0.391. The molecule has 29 heavy (non-hydrogen) atoms. The Morgan fingerprint density at radius 1 is 0.897 bits per heavy atom. The molecule has 6 nitrogen and oxygen atoms in total. The van der Waals surface area contributed by atoms with Crippen molar-refractivity contribution < 1.29 is 9.59 Å². The van der Waals surface area contributed by atoms with Crippen molar-refractivity contribution in [2.24, 2.45) is 0 Å². The van der Waals surface area contributed by atoms with Crippen LogP contribution in [-0.2, 0) is 13.1 Å². The number of rotatable bonds is 2. The summed E-state index contributed by atoms with van der Waals surface area (Å²) in [7, 11) is 0. The Bertz CT molecular complexity index is 901. The first-order valence-electron chi connectivity index (χ1n) is 10.4. The van der Waals surface area contributed by atoms with E-state index in [2.05, 4.69) is 22.8 Å². The molecular formula is C23H26N4O2. The molecule has 2 fully saturated rings. The summed E-state index contributed by atoms with van der Waals surface area (Å²) in [5, 5.41) is 6.53. The lowest BCUT2D eigenvalue weighted by Gasteiger charge is -2.52. The number of carbonyl (C=O) groups is 2. The van der Waals surface area contributed by atoms with Crippen molar-refractivity contribution in [1.82, 2.24) is 15.1 Å². The summed E-state index contributed by atoms with van der Waals surface area (Å²) in [5.74, 6) is 0.0656. The van der Waals surface area contributed by atoms with Crippen LogP contribution in [0.15, 0.2) is 48.5 Å². The molecule has 6 heteroatoms. The first-order valence-corrected chi connectivity index (χ1v) is 10.4. The third-order valence-corrected chi connectivity index (χ3v) is 6.37. The molecule has 0 aromatic heterocycles. The van der Waals surface area contributed by atoms with Crippen molar-refractivity contribution in [2.45, 2.75) is 37.9 Å². The SMILES string of the molecule is O=C(Nc1ccc(C(=O)N2CC3(CCCCN3)C2)cc1)N1Cc2ccccc2C1. The van der Waals surface area contributed by atoms with Crippen LogP contribution in [0.5, 0.6) is 0 Å². The fourth-order valence-electron chi connectivity index (χ4n) is 4.69. The average molecular weight is 390 g/mol. The van der Waals surface area contributed by atoms with E-state index in [9.17, 15) is 9.59 Å². The molecule has 0 atom stereocenters. The molecule has 0 saturated carbocycles. The van der Waals surface area contributed by atoms with Gasteiger partial charge in [-0.15, -0.1) is 0 Å². The van der Waals surface area contributed by atoms with Crippen molar-refractivity contribution in [2.75, 3.05) is 25.0 Å². The van der Waals surface area contributed by atoms with Crippen LogP contribution in [0.25, 0.3) is 0 Å². The lowest BCUT2D eigenvalue weighted by molar-refractivity contribution is 0.0190. The lowest BCUT2D eigenvalue weighted by Crippen LogP contribution is -2.71. The molecule has 2 saturated heterocycles. The molecule has 3 aliphatic heterocycles.